The van der Waals surface area contributed by atoms with Crippen LogP contribution in [0.3, 0.4) is 0 Å². The quantitative estimate of drug-likeness (QED) is 0.823. The van der Waals surface area contributed by atoms with E-state index in [1.165, 1.54) is 0 Å². The number of rotatable bonds is 6. The smallest absolute Gasteiger partial charge is 0.312 e. The Balaban J connectivity index is 1.57. The second-order valence-electron chi connectivity index (χ2n) is 6.93. The molecule has 25 heavy (non-hydrogen) atoms. The van der Waals surface area contributed by atoms with Gasteiger partial charge in [0.1, 0.15) is 0 Å². The highest BCUT2D eigenvalue weighted by atomic mass is 16.4. The molecule has 6 heteroatoms. The predicted molar refractivity (Wildman–Crippen MR) is 91.9 cm³/mol. The van der Waals surface area contributed by atoms with Gasteiger partial charge in [0, 0.05) is 25.6 Å². The third-order valence-corrected chi connectivity index (χ3v) is 5.28. The average Bonchev–Trinajstić information content (AvgIpc) is 3.25. The topological polar surface area (TPSA) is 86.7 Å². The summed E-state index contributed by atoms with van der Waals surface area (Å²) >= 11 is 0. The molecule has 1 aromatic carbocycles. The number of likely N-dealkylation sites (tertiary alicyclic amines) is 1. The summed E-state index contributed by atoms with van der Waals surface area (Å²) in [6.45, 7) is 0.491. The first kappa shape index (κ1) is 17.5. The van der Waals surface area contributed by atoms with Crippen molar-refractivity contribution in [2.75, 3.05) is 13.1 Å². The standard InChI is InChI=1S/C19H24N2O4/c22-17-10-14(12-21(17)15-8-4-5-9-15)18(23)20-11-16(19(24)25)13-6-2-1-3-7-13/h1-3,6-7,14-16H,4-5,8-12H2,(H,20,23)(H,24,25). The molecule has 1 aliphatic carbocycles. The molecule has 2 fully saturated rings. The van der Waals surface area contributed by atoms with Crippen LogP contribution in [0.25, 0.3) is 0 Å². The van der Waals surface area contributed by atoms with Gasteiger partial charge in [-0.15, -0.1) is 0 Å². The van der Waals surface area contributed by atoms with Crippen molar-refractivity contribution < 1.29 is 19.5 Å². The number of nitrogens with zero attached hydrogens (tertiary/aromatic N) is 1. The summed E-state index contributed by atoms with van der Waals surface area (Å²) in [6.07, 6.45) is 4.56. The van der Waals surface area contributed by atoms with E-state index in [-0.39, 0.29) is 36.7 Å². The van der Waals surface area contributed by atoms with E-state index in [1.54, 1.807) is 24.3 Å². The molecule has 1 aliphatic heterocycles. The largest absolute Gasteiger partial charge is 0.481 e. The molecular formula is C19H24N2O4. The van der Waals surface area contributed by atoms with Gasteiger partial charge < -0.3 is 15.3 Å². The maximum absolute atomic E-state index is 12.4. The van der Waals surface area contributed by atoms with Gasteiger partial charge in [-0.2, -0.15) is 0 Å². The summed E-state index contributed by atoms with van der Waals surface area (Å²) in [7, 11) is 0. The molecular weight excluding hydrogens is 320 g/mol. The van der Waals surface area contributed by atoms with Crippen LogP contribution < -0.4 is 5.32 Å². The minimum atomic E-state index is -0.971. The van der Waals surface area contributed by atoms with Gasteiger partial charge in [0.2, 0.25) is 11.8 Å². The number of carbonyl (C=O) groups excluding carboxylic acids is 2. The molecule has 2 atom stereocenters. The molecule has 6 nitrogen and oxygen atoms in total. The van der Waals surface area contributed by atoms with Crippen molar-refractivity contribution in [3.05, 3.63) is 35.9 Å². The highest BCUT2D eigenvalue weighted by Crippen LogP contribution is 2.29. The molecule has 2 unspecified atom stereocenters. The monoisotopic (exact) mass is 344 g/mol. The summed E-state index contributed by atoms with van der Waals surface area (Å²) in [5, 5.41) is 12.2. The second kappa shape index (κ2) is 7.68. The lowest BCUT2D eigenvalue weighted by Crippen LogP contribution is -2.38. The van der Waals surface area contributed by atoms with E-state index >= 15 is 0 Å². The Labute approximate surface area is 147 Å². The number of benzene rings is 1. The number of aliphatic carboxylic acids is 1. The van der Waals surface area contributed by atoms with Crippen LogP contribution in [-0.2, 0) is 14.4 Å². The first-order valence-electron chi connectivity index (χ1n) is 8.91. The van der Waals surface area contributed by atoms with Crippen LogP contribution >= 0.6 is 0 Å². The minimum absolute atomic E-state index is 0.0340. The molecule has 1 heterocycles. The van der Waals surface area contributed by atoms with Gasteiger partial charge in [-0.25, -0.2) is 0 Å². The van der Waals surface area contributed by atoms with E-state index in [2.05, 4.69) is 5.32 Å². The maximum atomic E-state index is 12.4. The maximum Gasteiger partial charge on any atom is 0.312 e. The molecule has 0 radical (unpaired) electrons. The molecule has 1 saturated carbocycles. The van der Waals surface area contributed by atoms with Crippen molar-refractivity contribution in [2.45, 2.75) is 44.1 Å². The molecule has 0 aromatic heterocycles. The highest BCUT2D eigenvalue weighted by molar-refractivity contribution is 5.89. The summed E-state index contributed by atoms with van der Waals surface area (Å²) < 4.78 is 0. The fraction of sp³-hybridized carbons (Fsp3) is 0.526. The van der Waals surface area contributed by atoms with E-state index in [4.69, 9.17) is 0 Å². The molecule has 2 amide bonds. The highest BCUT2D eigenvalue weighted by Gasteiger charge is 2.38. The first-order chi connectivity index (χ1) is 12.1. The van der Waals surface area contributed by atoms with Crippen molar-refractivity contribution >= 4 is 17.8 Å². The molecule has 2 aliphatic rings. The fourth-order valence-electron chi connectivity index (χ4n) is 3.86. The normalized spacial score (nSPS) is 22.2. The average molecular weight is 344 g/mol. The zero-order valence-electron chi connectivity index (χ0n) is 14.2. The number of carboxylic acids is 1. The first-order valence-corrected chi connectivity index (χ1v) is 8.91. The number of nitrogens with one attached hydrogen (secondary N) is 1. The third-order valence-electron chi connectivity index (χ3n) is 5.28. The van der Waals surface area contributed by atoms with Gasteiger partial charge in [0.05, 0.1) is 11.8 Å². The van der Waals surface area contributed by atoms with Crippen molar-refractivity contribution in [3.8, 4) is 0 Å². The predicted octanol–water partition coefficient (Wildman–Crippen LogP) is 1.76. The Hall–Kier alpha value is -2.37. The van der Waals surface area contributed by atoms with Crippen molar-refractivity contribution in [1.29, 1.82) is 0 Å². The molecule has 1 aromatic rings. The number of hydrogen-bond acceptors (Lipinski definition) is 3. The van der Waals surface area contributed by atoms with Crippen LogP contribution in [0.1, 0.15) is 43.6 Å². The van der Waals surface area contributed by atoms with Gasteiger partial charge in [0.25, 0.3) is 0 Å². The Kier molecular flexibility index (Phi) is 5.36. The molecule has 1 saturated heterocycles. The summed E-state index contributed by atoms with van der Waals surface area (Å²) in [6, 6.07) is 9.15. The molecule has 134 valence electrons. The van der Waals surface area contributed by atoms with Crippen molar-refractivity contribution in [2.24, 2.45) is 5.92 Å². The fourth-order valence-corrected chi connectivity index (χ4v) is 3.86. The SMILES string of the molecule is O=C(NCC(C(=O)O)c1ccccc1)C1CC(=O)N(C2CCCC2)C1. The van der Waals surface area contributed by atoms with Gasteiger partial charge in [-0.3, -0.25) is 14.4 Å². The number of carboxylic acid groups (broad SMARTS) is 1. The summed E-state index contributed by atoms with van der Waals surface area (Å²) in [5.74, 6) is -2.31. The van der Waals surface area contributed by atoms with Crippen LogP contribution in [-0.4, -0.2) is 46.9 Å². The zero-order chi connectivity index (χ0) is 17.8. The van der Waals surface area contributed by atoms with Gasteiger partial charge in [0.15, 0.2) is 0 Å². The Bertz CT molecular complexity index is 640. The minimum Gasteiger partial charge on any atom is -0.481 e. The molecule has 2 N–H and O–H groups in total. The lowest BCUT2D eigenvalue weighted by atomic mass is 9.99. The van der Waals surface area contributed by atoms with Gasteiger partial charge >= 0.3 is 5.97 Å². The van der Waals surface area contributed by atoms with Crippen LogP contribution in [0.4, 0.5) is 0 Å². The number of amides is 2. The van der Waals surface area contributed by atoms with E-state index in [1.807, 2.05) is 11.0 Å². The molecule has 0 bridgehead atoms. The number of carbonyl (C=O) groups is 3. The van der Waals surface area contributed by atoms with E-state index in [0.29, 0.717) is 12.1 Å². The Morgan fingerprint density at radius 2 is 1.88 bits per heavy atom. The summed E-state index contributed by atoms with van der Waals surface area (Å²) in [4.78, 5) is 38.0. The van der Waals surface area contributed by atoms with Crippen LogP contribution in [0, 0.1) is 5.92 Å². The third kappa shape index (κ3) is 4.00. The molecule has 3 rings (SSSR count). The van der Waals surface area contributed by atoms with E-state index in [9.17, 15) is 19.5 Å². The second-order valence-corrected chi connectivity index (χ2v) is 6.93. The lowest BCUT2D eigenvalue weighted by Gasteiger charge is -2.24. The van der Waals surface area contributed by atoms with Gasteiger partial charge in [-0.05, 0) is 18.4 Å². The van der Waals surface area contributed by atoms with E-state index < -0.39 is 11.9 Å². The van der Waals surface area contributed by atoms with Gasteiger partial charge in [-0.1, -0.05) is 43.2 Å². The zero-order valence-corrected chi connectivity index (χ0v) is 14.2. The van der Waals surface area contributed by atoms with Crippen LogP contribution in [0.2, 0.25) is 0 Å². The van der Waals surface area contributed by atoms with Crippen LogP contribution in [0.5, 0.6) is 0 Å². The summed E-state index contributed by atoms with van der Waals surface area (Å²) in [5.41, 5.74) is 0.658. The van der Waals surface area contributed by atoms with Crippen molar-refractivity contribution in [3.63, 3.8) is 0 Å². The Morgan fingerprint density at radius 1 is 1.20 bits per heavy atom. The Morgan fingerprint density at radius 3 is 2.52 bits per heavy atom. The van der Waals surface area contributed by atoms with Crippen molar-refractivity contribution in [1.82, 2.24) is 10.2 Å². The molecule has 0 spiro atoms. The van der Waals surface area contributed by atoms with Crippen LogP contribution in [0.15, 0.2) is 30.3 Å². The van der Waals surface area contributed by atoms with E-state index in [0.717, 1.165) is 25.7 Å². The lowest BCUT2D eigenvalue weighted by molar-refractivity contribution is -0.139. The number of hydrogen-bond donors (Lipinski definition) is 2.